The Balaban J connectivity index is 1.21. The summed E-state index contributed by atoms with van der Waals surface area (Å²) in [6.07, 6.45) is 0. The molecular formula is C46H30N2O. The molecule has 0 unspecified atom stereocenters. The van der Waals surface area contributed by atoms with Gasteiger partial charge in [0.1, 0.15) is 11.2 Å². The van der Waals surface area contributed by atoms with Gasteiger partial charge in [-0.05, 0) is 52.1 Å². The van der Waals surface area contributed by atoms with Crippen LogP contribution >= 0.6 is 0 Å². The summed E-state index contributed by atoms with van der Waals surface area (Å²) in [5.41, 5.74) is 13.3. The maximum Gasteiger partial charge on any atom is 0.161 e. The van der Waals surface area contributed by atoms with E-state index in [0.717, 1.165) is 66.7 Å². The zero-order chi connectivity index (χ0) is 32.6. The molecule has 0 aliphatic carbocycles. The van der Waals surface area contributed by atoms with Gasteiger partial charge in [0.2, 0.25) is 0 Å². The molecule has 0 N–H and O–H groups in total. The summed E-state index contributed by atoms with van der Waals surface area (Å²) in [6, 6.07) is 63.1. The molecular weight excluding hydrogens is 597 g/mol. The summed E-state index contributed by atoms with van der Waals surface area (Å²) in [4.78, 5) is 10.4. The fourth-order valence-electron chi connectivity index (χ4n) is 6.76. The largest absolute Gasteiger partial charge is 0.455 e. The highest BCUT2D eigenvalue weighted by atomic mass is 16.3. The van der Waals surface area contributed by atoms with E-state index in [-0.39, 0.29) is 0 Å². The van der Waals surface area contributed by atoms with E-state index in [9.17, 15) is 0 Å². The van der Waals surface area contributed by atoms with Crippen molar-refractivity contribution in [3.63, 3.8) is 0 Å². The van der Waals surface area contributed by atoms with Crippen LogP contribution in [0, 0.1) is 0 Å². The molecule has 0 aliphatic rings. The molecule has 0 aliphatic heterocycles. The molecule has 0 radical (unpaired) electrons. The molecule has 7 aromatic carbocycles. The van der Waals surface area contributed by atoms with Gasteiger partial charge in [-0.2, -0.15) is 0 Å². The van der Waals surface area contributed by atoms with Crippen molar-refractivity contribution in [2.75, 3.05) is 0 Å². The molecule has 49 heavy (non-hydrogen) atoms. The lowest BCUT2D eigenvalue weighted by Crippen LogP contribution is -1.97. The molecule has 0 bridgehead atoms. The lowest BCUT2D eigenvalue weighted by Gasteiger charge is -2.13. The molecule has 0 saturated carbocycles. The van der Waals surface area contributed by atoms with Crippen molar-refractivity contribution >= 4 is 21.9 Å². The summed E-state index contributed by atoms with van der Waals surface area (Å²) in [7, 11) is 0. The van der Waals surface area contributed by atoms with Crippen molar-refractivity contribution < 1.29 is 4.42 Å². The van der Waals surface area contributed by atoms with Crippen molar-refractivity contribution in [3.8, 4) is 67.3 Å². The third-order valence-electron chi connectivity index (χ3n) is 9.15. The Morgan fingerprint density at radius 1 is 0.347 bits per heavy atom. The van der Waals surface area contributed by atoms with Crippen LogP contribution in [-0.4, -0.2) is 9.97 Å². The second kappa shape index (κ2) is 12.2. The predicted octanol–water partition coefficient (Wildman–Crippen LogP) is 12.4. The SMILES string of the molecule is c1ccc(-c2cc(-c3ccc(-c4ccccc4-c4ccccc4)cc3)nc(-c3ccc(-c4ccccc4)c4oc5ccccc5c34)n2)cc1. The minimum Gasteiger partial charge on any atom is -0.455 e. The van der Waals surface area contributed by atoms with Crippen LogP contribution in [-0.2, 0) is 0 Å². The predicted molar refractivity (Wildman–Crippen MR) is 202 cm³/mol. The molecule has 0 fully saturated rings. The molecule has 230 valence electrons. The normalized spacial score (nSPS) is 11.3. The van der Waals surface area contributed by atoms with Gasteiger partial charge in [0, 0.05) is 33.0 Å². The minimum absolute atomic E-state index is 0.658. The van der Waals surface area contributed by atoms with Gasteiger partial charge in [-0.25, -0.2) is 9.97 Å². The number of hydrogen-bond donors (Lipinski definition) is 0. The van der Waals surface area contributed by atoms with E-state index in [1.807, 2.05) is 36.4 Å². The van der Waals surface area contributed by atoms with Crippen molar-refractivity contribution in [2.24, 2.45) is 0 Å². The first kappa shape index (κ1) is 28.6. The molecule has 9 rings (SSSR count). The number of aromatic nitrogens is 2. The zero-order valence-electron chi connectivity index (χ0n) is 26.6. The van der Waals surface area contributed by atoms with Crippen LogP contribution in [0.15, 0.2) is 186 Å². The first-order valence-corrected chi connectivity index (χ1v) is 16.5. The van der Waals surface area contributed by atoms with Crippen LogP contribution in [0.4, 0.5) is 0 Å². The number of nitrogens with zero attached hydrogens (tertiary/aromatic N) is 2. The van der Waals surface area contributed by atoms with Gasteiger partial charge in [0.25, 0.3) is 0 Å². The Morgan fingerprint density at radius 3 is 1.43 bits per heavy atom. The molecule has 0 amide bonds. The second-order valence-electron chi connectivity index (χ2n) is 12.1. The number of furan rings is 1. The van der Waals surface area contributed by atoms with Crippen LogP contribution in [0.25, 0.3) is 89.2 Å². The standard InChI is InChI=1S/C46H30N2O/c1-4-14-31(15-5-1)36-20-10-11-21-37(36)33-24-26-35(27-25-33)42-30-41(34-18-8-3-9-19-34)47-46(48-42)40-29-28-38(32-16-6-2-7-17-32)45-44(40)39-22-12-13-23-43(39)49-45/h1-30H. The van der Waals surface area contributed by atoms with E-state index in [2.05, 4.69) is 146 Å². The van der Waals surface area contributed by atoms with E-state index in [0.29, 0.717) is 5.82 Å². The average Bonchev–Trinajstić information content (AvgIpc) is 3.58. The number of hydrogen-bond acceptors (Lipinski definition) is 3. The summed E-state index contributed by atoms with van der Waals surface area (Å²) in [5.74, 6) is 0.658. The fourth-order valence-corrected chi connectivity index (χ4v) is 6.76. The number of para-hydroxylation sites is 1. The Morgan fingerprint density at radius 2 is 0.796 bits per heavy atom. The third-order valence-corrected chi connectivity index (χ3v) is 9.15. The molecule has 0 saturated heterocycles. The monoisotopic (exact) mass is 626 g/mol. The molecule has 3 heteroatoms. The van der Waals surface area contributed by atoms with Gasteiger partial charge in [-0.3, -0.25) is 0 Å². The van der Waals surface area contributed by atoms with E-state index in [1.54, 1.807) is 0 Å². The van der Waals surface area contributed by atoms with Crippen LogP contribution in [0.1, 0.15) is 0 Å². The van der Waals surface area contributed by atoms with Crippen molar-refractivity contribution in [1.82, 2.24) is 9.97 Å². The highest BCUT2D eigenvalue weighted by Gasteiger charge is 2.20. The van der Waals surface area contributed by atoms with Gasteiger partial charge in [-0.1, -0.05) is 158 Å². The summed E-state index contributed by atoms with van der Waals surface area (Å²) in [6.45, 7) is 0. The topological polar surface area (TPSA) is 38.9 Å². The molecule has 9 aromatic rings. The summed E-state index contributed by atoms with van der Waals surface area (Å²) < 4.78 is 6.57. The first-order chi connectivity index (χ1) is 24.3. The zero-order valence-corrected chi connectivity index (χ0v) is 26.6. The number of fused-ring (bicyclic) bond motifs is 3. The lowest BCUT2D eigenvalue weighted by molar-refractivity contribution is 0.670. The molecule has 3 nitrogen and oxygen atoms in total. The molecule has 2 heterocycles. The Hall–Kier alpha value is -6.58. The van der Waals surface area contributed by atoms with E-state index in [4.69, 9.17) is 14.4 Å². The smallest absolute Gasteiger partial charge is 0.161 e. The first-order valence-electron chi connectivity index (χ1n) is 16.5. The second-order valence-corrected chi connectivity index (χ2v) is 12.1. The summed E-state index contributed by atoms with van der Waals surface area (Å²) >= 11 is 0. The Kier molecular flexibility index (Phi) is 7.14. The maximum atomic E-state index is 6.57. The van der Waals surface area contributed by atoms with Gasteiger partial charge in [-0.15, -0.1) is 0 Å². The lowest BCUT2D eigenvalue weighted by atomic mass is 9.94. The van der Waals surface area contributed by atoms with Gasteiger partial charge in [0.05, 0.1) is 11.4 Å². The van der Waals surface area contributed by atoms with E-state index >= 15 is 0 Å². The molecule has 0 spiro atoms. The van der Waals surface area contributed by atoms with Crippen LogP contribution < -0.4 is 0 Å². The maximum absolute atomic E-state index is 6.57. The highest BCUT2D eigenvalue weighted by molar-refractivity contribution is 6.15. The van der Waals surface area contributed by atoms with Crippen LogP contribution in [0.2, 0.25) is 0 Å². The summed E-state index contributed by atoms with van der Waals surface area (Å²) in [5, 5.41) is 2.06. The molecule has 2 aromatic heterocycles. The van der Waals surface area contributed by atoms with E-state index in [1.165, 1.54) is 16.7 Å². The average molecular weight is 627 g/mol. The highest BCUT2D eigenvalue weighted by Crippen LogP contribution is 2.42. The number of benzene rings is 7. The molecule has 0 atom stereocenters. The number of rotatable bonds is 6. The van der Waals surface area contributed by atoms with Gasteiger partial charge in [0.15, 0.2) is 5.82 Å². The third kappa shape index (κ3) is 5.28. The quantitative estimate of drug-likeness (QED) is 0.184. The fraction of sp³-hybridized carbons (Fsp3) is 0. The Labute approximate surface area is 284 Å². The van der Waals surface area contributed by atoms with Crippen LogP contribution in [0.3, 0.4) is 0 Å². The van der Waals surface area contributed by atoms with E-state index < -0.39 is 0 Å². The van der Waals surface area contributed by atoms with Crippen molar-refractivity contribution in [2.45, 2.75) is 0 Å². The Bertz CT molecular complexity index is 2570. The van der Waals surface area contributed by atoms with Gasteiger partial charge < -0.3 is 4.42 Å². The van der Waals surface area contributed by atoms with Crippen LogP contribution in [0.5, 0.6) is 0 Å². The van der Waals surface area contributed by atoms with Crippen molar-refractivity contribution in [1.29, 1.82) is 0 Å². The minimum atomic E-state index is 0.658. The van der Waals surface area contributed by atoms with Gasteiger partial charge >= 0.3 is 0 Å². The van der Waals surface area contributed by atoms with Crippen molar-refractivity contribution in [3.05, 3.63) is 182 Å².